The van der Waals surface area contributed by atoms with Gasteiger partial charge in [-0.05, 0) is 49.1 Å². The van der Waals surface area contributed by atoms with Crippen LogP contribution in [0.4, 0.5) is 10.1 Å². The van der Waals surface area contributed by atoms with Gasteiger partial charge in [-0.2, -0.15) is 0 Å². The van der Waals surface area contributed by atoms with Crippen LogP contribution in [-0.4, -0.2) is 30.5 Å². The van der Waals surface area contributed by atoms with E-state index in [2.05, 4.69) is 15.2 Å². The summed E-state index contributed by atoms with van der Waals surface area (Å²) in [7, 11) is 0. The molecule has 2 aromatic rings. The Morgan fingerprint density at radius 3 is 2.52 bits per heavy atom. The Labute approximate surface area is 135 Å². The highest BCUT2D eigenvalue weighted by molar-refractivity contribution is 5.92. The molecule has 0 radical (unpaired) electrons. The van der Waals surface area contributed by atoms with E-state index < -0.39 is 0 Å². The second-order valence-electron chi connectivity index (χ2n) is 5.73. The molecule has 1 N–H and O–H groups in total. The van der Waals surface area contributed by atoms with E-state index in [9.17, 15) is 9.18 Å². The van der Waals surface area contributed by atoms with Crippen molar-refractivity contribution in [2.45, 2.75) is 19.3 Å². The number of aromatic nitrogens is 1. The number of halogens is 1. The number of pyridine rings is 1. The molecule has 1 fully saturated rings. The van der Waals surface area contributed by atoms with Crippen molar-refractivity contribution in [1.29, 1.82) is 0 Å². The van der Waals surface area contributed by atoms with Crippen LogP contribution >= 0.6 is 0 Å². The van der Waals surface area contributed by atoms with Crippen molar-refractivity contribution < 1.29 is 9.18 Å². The molecule has 1 aromatic carbocycles. The van der Waals surface area contributed by atoms with Gasteiger partial charge in [0.25, 0.3) is 5.91 Å². The maximum absolute atomic E-state index is 12.8. The van der Waals surface area contributed by atoms with Crippen molar-refractivity contribution in [3.63, 3.8) is 0 Å². The van der Waals surface area contributed by atoms with Crippen LogP contribution < -0.4 is 10.2 Å². The van der Waals surface area contributed by atoms with E-state index in [0.717, 1.165) is 24.3 Å². The van der Waals surface area contributed by atoms with Crippen LogP contribution in [0, 0.1) is 5.82 Å². The lowest BCUT2D eigenvalue weighted by Gasteiger charge is -2.16. The zero-order chi connectivity index (χ0) is 16.1. The zero-order valence-corrected chi connectivity index (χ0v) is 13.0. The molecule has 23 heavy (non-hydrogen) atoms. The van der Waals surface area contributed by atoms with Crippen molar-refractivity contribution in [2.24, 2.45) is 0 Å². The maximum Gasteiger partial charge on any atom is 0.269 e. The van der Waals surface area contributed by atoms with E-state index in [-0.39, 0.29) is 11.7 Å². The lowest BCUT2D eigenvalue weighted by atomic mass is 10.1. The van der Waals surface area contributed by atoms with Crippen LogP contribution in [0.15, 0.2) is 42.6 Å². The molecule has 2 heterocycles. The first-order chi connectivity index (χ1) is 11.2. The maximum atomic E-state index is 12.8. The standard InChI is InChI=1S/C18H20FN3O/c19-15-5-3-14(4-6-15)9-10-20-18(23)17-8-7-16(13-21-17)22-11-1-2-12-22/h3-8,13H,1-2,9-12H2,(H,20,23). The van der Waals surface area contributed by atoms with Crippen LogP contribution in [-0.2, 0) is 6.42 Å². The summed E-state index contributed by atoms with van der Waals surface area (Å²) in [4.78, 5) is 18.6. The molecule has 0 unspecified atom stereocenters. The smallest absolute Gasteiger partial charge is 0.269 e. The van der Waals surface area contributed by atoms with Crippen molar-refractivity contribution in [3.05, 3.63) is 59.7 Å². The van der Waals surface area contributed by atoms with E-state index in [0.29, 0.717) is 18.7 Å². The molecule has 1 aliphatic rings. The number of nitrogens with zero attached hydrogens (tertiary/aromatic N) is 2. The molecule has 5 heteroatoms. The lowest BCUT2D eigenvalue weighted by Crippen LogP contribution is -2.26. The quantitative estimate of drug-likeness (QED) is 0.923. The third-order valence-electron chi connectivity index (χ3n) is 4.06. The van der Waals surface area contributed by atoms with Crippen molar-refractivity contribution in [2.75, 3.05) is 24.5 Å². The van der Waals surface area contributed by atoms with Gasteiger partial charge in [-0.25, -0.2) is 9.37 Å². The first-order valence-electron chi connectivity index (χ1n) is 7.96. The highest BCUT2D eigenvalue weighted by Crippen LogP contribution is 2.18. The van der Waals surface area contributed by atoms with Crippen LogP contribution in [0.5, 0.6) is 0 Å². The summed E-state index contributed by atoms with van der Waals surface area (Å²) in [5.74, 6) is -0.430. The summed E-state index contributed by atoms with van der Waals surface area (Å²) < 4.78 is 12.8. The first kappa shape index (κ1) is 15.5. The number of carbonyl (C=O) groups is 1. The zero-order valence-electron chi connectivity index (χ0n) is 13.0. The van der Waals surface area contributed by atoms with Gasteiger partial charge in [-0.1, -0.05) is 12.1 Å². The fraction of sp³-hybridized carbons (Fsp3) is 0.333. The highest BCUT2D eigenvalue weighted by atomic mass is 19.1. The molecular formula is C18H20FN3O. The van der Waals surface area contributed by atoms with Gasteiger partial charge in [0.1, 0.15) is 11.5 Å². The fourth-order valence-electron chi connectivity index (χ4n) is 2.74. The summed E-state index contributed by atoms with van der Waals surface area (Å²) in [6.45, 7) is 2.62. The summed E-state index contributed by atoms with van der Waals surface area (Å²) in [5, 5.41) is 2.84. The van der Waals surface area contributed by atoms with E-state index in [1.54, 1.807) is 24.4 Å². The van der Waals surface area contributed by atoms with Crippen LogP contribution in [0.1, 0.15) is 28.9 Å². The summed E-state index contributed by atoms with van der Waals surface area (Å²) in [5.41, 5.74) is 2.49. The molecule has 0 aliphatic carbocycles. The predicted octanol–water partition coefficient (Wildman–Crippen LogP) is 2.79. The number of rotatable bonds is 5. The minimum absolute atomic E-state index is 0.180. The van der Waals surface area contributed by atoms with Gasteiger partial charge in [0.15, 0.2) is 0 Å². The molecule has 0 bridgehead atoms. The van der Waals surface area contributed by atoms with Crippen molar-refractivity contribution in [3.8, 4) is 0 Å². The minimum atomic E-state index is -0.250. The lowest BCUT2D eigenvalue weighted by molar-refractivity contribution is 0.0949. The van der Waals surface area contributed by atoms with Crippen molar-refractivity contribution >= 4 is 11.6 Å². The normalized spacial score (nSPS) is 14.0. The molecule has 3 rings (SSSR count). The van der Waals surface area contributed by atoms with E-state index in [1.807, 2.05) is 6.07 Å². The molecule has 1 aliphatic heterocycles. The van der Waals surface area contributed by atoms with Gasteiger partial charge < -0.3 is 10.2 Å². The molecule has 120 valence electrons. The Morgan fingerprint density at radius 2 is 1.87 bits per heavy atom. The third kappa shape index (κ3) is 4.06. The largest absolute Gasteiger partial charge is 0.370 e. The van der Waals surface area contributed by atoms with Gasteiger partial charge >= 0.3 is 0 Å². The molecule has 1 saturated heterocycles. The Kier molecular flexibility index (Phi) is 4.86. The summed E-state index contributed by atoms with van der Waals surface area (Å²) in [6.07, 6.45) is 4.86. The SMILES string of the molecule is O=C(NCCc1ccc(F)cc1)c1ccc(N2CCCC2)cn1. The topological polar surface area (TPSA) is 45.2 Å². The van der Waals surface area contributed by atoms with E-state index in [4.69, 9.17) is 0 Å². The first-order valence-corrected chi connectivity index (χ1v) is 7.96. The average Bonchev–Trinajstić information content (AvgIpc) is 3.11. The number of hydrogen-bond acceptors (Lipinski definition) is 3. The van der Waals surface area contributed by atoms with Gasteiger partial charge in [0, 0.05) is 19.6 Å². The van der Waals surface area contributed by atoms with Crippen LogP contribution in [0.25, 0.3) is 0 Å². The number of hydrogen-bond donors (Lipinski definition) is 1. The van der Waals surface area contributed by atoms with E-state index in [1.165, 1.54) is 25.0 Å². The third-order valence-corrected chi connectivity index (χ3v) is 4.06. The van der Waals surface area contributed by atoms with Gasteiger partial charge in [-0.15, -0.1) is 0 Å². The number of benzene rings is 1. The Morgan fingerprint density at radius 1 is 1.13 bits per heavy atom. The van der Waals surface area contributed by atoms with Crippen molar-refractivity contribution in [1.82, 2.24) is 10.3 Å². The Hall–Kier alpha value is -2.43. The second kappa shape index (κ2) is 7.22. The van der Waals surface area contributed by atoms with Gasteiger partial charge in [0.05, 0.1) is 11.9 Å². The van der Waals surface area contributed by atoms with Crippen LogP contribution in [0.2, 0.25) is 0 Å². The van der Waals surface area contributed by atoms with Gasteiger partial charge in [0.2, 0.25) is 0 Å². The molecule has 0 spiro atoms. The average molecular weight is 313 g/mol. The number of amides is 1. The monoisotopic (exact) mass is 313 g/mol. The molecule has 1 amide bonds. The van der Waals surface area contributed by atoms with Crippen LogP contribution in [0.3, 0.4) is 0 Å². The van der Waals surface area contributed by atoms with Gasteiger partial charge in [-0.3, -0.25) is 4.79 Å². The Bertz CT molecular complexity index is 649. The molecule has 4 nitrogen and oxygen atoms in total. The number of carbonyl (C=O) groups excluding carboxylic acids is 1. The minimum Gasteiger partial charge on any atom is -0.370 e. The number of nitrogens with one attached hydrogen (secondary N) is 1. The van der Waals surface area contributed by atoms with E-state index >= 15 is 0 Å². The Balaban J connectivity index is 1.50. The molecule has 1 aromatic heterocycles. The summed E-state index contributed by atoms with van der Waals surface area (Å²) >= 11 is 0. The summed E-state index contributed by atoms with van der Waals surface area (Å²) in [6, 6.07) is 10.0. The molecular weight excluding hydrogens is 293 g/mol. The molecule has 0 atom stereocenters. The highest BCUT2D eigenvalue weighted by Gasteiger charge is 2.13. The second-order valence-corrected chi connectivity index (χ2v) is 5.73. The number of anilines is 1. The molecule has 0 saturated carbocycles. The predicted molar refractivity (Wildman–Crippen MR) is 88.1 cm³/mol. The fourth-order valence-corrected chi connectivity index (χ4v) is 2.74.